The zero-order chi connectivity index (χ0) is 28.5. The van der Waals surface area contributed by atoms with Gasteiger partial charge in [0.1, 0.15) is 11.6 Å². The fourth-order valence-electron chi connectivity index (χ4n) is 7.07. The number of aryl methyl sites for hydroxylation is 3. The van der Waals surface area contributed by atoms with Crippen molar-refractivity contribution in [1.82, 2.24) is 29.9 Å². The molecular formula is C32H42N8O. The van der Waals surface area contributed by atoms with Gasteiger partial charge in [-0.2, -0.15) is 10.2 Å². The Kier molecular flexibility index (Phi) is 6.34. The van der Waals surface area contributed by atoms with Crippen molar-refractivity contribution >= 4 is 22.5 Å². The van der Waals surface area contributed by atoms with Crippen molar-refractivity contribution in [3.63, 3.8) is 0 Å². The number of fused-ring (bicyclic) bond motifs is 2. The highest BCUT2D eigenvalue weighted by Gasteiger charge is 2.39. The van der Waals surface area contributed by atoms with Crippen LogP contribution in [0.2, 0.25) is 0 Å². The largest absolute Gasteiger partial charge is 0.381 e. The number of nitrogens with zero attached hydrogens (tertiary/aromatic N) is 7. The summed E-state index contributed by atoms with van der Waals surface area (Å²) >= 11 is 0. The molecule has 1 atom stereocenters. The van der Waals surface area contributed by atoms with Crippen molar-refractivity contribution < 1.29 is 4.74 Å². The smallest absolute Gasteiger partial charge is 0.162 e. The molecule has 0 spiro atoms. The molecular weight excluding hydrogens is 512 g/mol. The second-order valence-corrected chi connectivity index (χ2v) is 12.9. The zero-order valence-corrected chi connectivity index (χ0v) is 25.3. The van der Waals surface area contributed by atoms with E-state index < -0.39 is 0 Å². The molecule has 0 radical (unpaired) electrons. The van der Waals surface area contributed by atoms with Gasteiger partial charge in [0.2, 0.25) is 0 Å². The Balaban J connectivity index is 1.35. The van der Waals surface area contributed by atoms with Gasteiger partial charge in [-0.3, -0.25) is 5.10 Å². The molecule has 5 heterocycles. The van der Waals surface area contributed by atoms with Crippen molar-refractivity contribution in [3.8, 4) is 11.4 Å². The van der Waals surface area contributed by atoms with E-state index in [0.717, 1.165) is 85.1 Å². The molecule has 216 valence electrons. The van der Waals surface area contributed by atoms with E-state index in [4.69, 9.17) is 19.8 Å². The highest BCUT2D eigenvalue weighted by atomic mass is 16.5. The minimum absolute atomic E-state index is 0.0103. The predicted molar refractivity (Wildman–Crippen MR) is 163 cm³/mol. The van der Waals surface area contributed by atoms with Crippen LogP contribution in [0.4, 0.5) is 11.6 Å². The van der Waals surface area contributed by atoms with Crippen molar-refractivity contribution in [2.75, 3.05) is 36.5 Å². The summed E-state index contributed by atoms with van der Waals surface area (Å²) in [6.45, 7) is 15.4. The molecule has 9 nitrogen and oxygen atoms in total. The third-order valence-corrected chi connectivity index (χ3v) is 9.48. The van der Waals surface area contributed by atoms with Gasteiger partial charge in [0, 0.05) is 85.9 Å². The van der Waals surface area contributed by atoms with Gasteiger partial charge >= 0.3 is 0 Å². The summed E-state index contributed by atoms with van der Waals surface area (Å²) in [5.74, 6) is 3.74. The van der Waals surface area contributed by atoms with Crippen LogP contribution in [0.5, 0.6) is 0 Å². The molecule has 4 aromatic rings. The van der Waals surface area contributed by atoms with Gasteiger partial charge in [-0.1, -0.05) is 19.9 Å². The monoisotopic (exact) mass is 554 g/mol. The molecule has 0 amide bonds. The molecule has 1 N–H and O–H groups in total. The first-order chi connectivity index (χ1) is 19.8. The maximum absolute atomic E-state index is 5.90. The average molecular weight is 555 g/mol. The Bertz CT molecular complexity index is 1610. The van der Waals surface area contributed by atoms with E-state index >= 15 is 0 Å². The Morgan fingerprint density at radius 2 is 1.90 bits per heavy atom. The molecule has 2 fully saturated rings. The number of ether oxygens (including phenoxy) is 1. The zero-order valence-electron chi connectivity index (χ0n) is 25.3. The van der Waals surface area contributed by atoms with E-state index in [1.807, 2.05) is 7.11 Å². The first-order valence-corrected chi connectivity index (χ1v) is 15.2. The minimum Gasteiger partial charge on any atom is -0.381 e. The summed E-state index contributed by atoms with van der Waals surface area (Å²) in [4.78, 5) is 15.7. The number of aromatic nitrogens is 6. The third-order valence-electron chi connectivity index (χ3n) is 9.48. The van der Waals surface area contributed by atoms with E-state index in [0.29, 0.717) is 5.92 Å². The van der Waals surface area contributed by atoms with E-state index in [1.165, 1.54) is 35.5 Å². The van der Waals surface area contributed by atoms with Crippen molar-refractivity contribution in [2.45, 2.75) is 85.4 Å². The standard InChI is InChI=1S/C32H42N8O/c1-7-40-27(16-25(37-40)21-9-10-21)38-14-12-23-22(17-38)31(39-15-13-26(41-6)32(4,5)18-39)34-30(33-23)28-19(2)8-11-24-29(28)20(3)35-36-24/h8,11,16,21,26H,7,9-10,12-15,17-18H2,1-6H3,(H,35,36). The molecule has 3 aromatic heterocycles. The molecule has 0 bridgehead atoms. The summed E-state index contributed by atoms with van der Waals surface area (Å²) in [6.07, 6.45) is 4.61. The van der Waals surface area contributed by atoms with Crippen molar-refractivity contribution in [1.29, 1.82) is 0 Å². The molecule has 9 heteroatoms. The number of benzene rings is 1. The fraction of sp³-hybridized carbons (Fsp3) is 0.562. The first kappa shape index (κ1) is 26.4. The van der Waals surface area contributed by atoms with Crippen LogP contribution in [0.1, 0.15) is 74.2 Å². The lowest BCUT2D eigenvalue weighted by atomic mass is 9.81. The quantitative estimate of drug-likeness (QED) is 0.335. The molecule has 1 aromatic carbocycles. The Morgan fingerprint density at radius 3 is 2.63 bits per heavy atom. The molecule has 41 heavy (non-hydrogen) atoms. The number of aromatic amines is 1. The lowest BCUT2D eigenvalue weighted by Crippen LogP contribution is -2.50. The van der Waals surface area contributed by atoms with Crippen LogP contribution in [0.15, 0.2) is 18.2 Å². The van der Waals surface area contributed by atoms with E-state index in [9.17, 15) is 0 Å². The maximum Gasteiger partial charge on any atom is 0.162 e. The number of H-pyrrole nitrogens is 1. The predicted octanol–water partition coefficient (Wildman–Crippen LogP) is 5.54. The van der Waals surface area contributed by atoms with Gasteiger partial charge in [0.05, 0.1) is 23.0 Å². The van der Waals surface area contributed by atoms with E-state index in [-0.39, 0.29) is 11.5 Å². The van der Waals surface area contributed by atoms with Gasteiger partial charge in [-0.15, -0.1) is 0 Å². The second kappa shape index (κ2) is 9.82. The van der Waals surface area contributed by atoms with Gasteiger partial charge in [0.15, 0.2) is 5.82 Å². The number of methoxy groups -OCH3 is 1. The normalized spacial score (nSPS) is 20.6. The molecule has 1 saturated heterocycles. The number of nitrogens with one attached hydrogen (secondary N) is 1. The Labute approximate surface area is 242 Å². The highest BCUT2D eigenvalue weighted by molar-refractivity contribution is 5.96. The maximum atomic E-state index is 5.90. The fourth-order valence-corrected chi connectivity index (χ4v) is 7.07. The SMILES string of the molecule is CCn1nc(C2CC2)cc1N1CCc2nc(-c3c(C)ccc4n[nH]c(C)c34)nc(N3CCC(OC)C(C)(C)C3)c2C1. The van der Waals surface area contributed by atoms with Crippen LogP contribution < -0.4 is 9.80 Å². The Hall–Kier alpha value is -3.46. The van der Waals surface area contributed by atoms with Gasteiger partial charge in [-0.25, -0.2) is 14.6 Å². The van der Waals surface area contributed by atoms with Gasteiger partial charge in [0.25, 0.3) is 0 Å². The van der Waals surface area contributed by atoms with Crippen molar-refractivity contribution in [2.24, 2.45) is 5.41 Å². The third kappa shape index (κ3) is 4.49. The number of hydrogen-bond acceptors (Lipinski definition) is 7. The lowest BCUT2D eigenvalue weighted by molar-refractivity contribution is -0.00647. The number of anilines is 2. The summed E-state index contributed by atoms with van der Waals surface area (Å²) < 4.78 is 8.09. The number of rotatable bonds is 6. The topological polar surface area (TPSA) is 88.0 Å². The van der Waals surface area contributed by atoms with E-state index in [1.54, 1.807) is 0 Å². The minimum atomic E-state index is 0.0103. The van der Waals surface area contributed by atoms with Crippen LogP contribution >= 0.6 is 0 Å². The van der Waals surface area contributed by atoms with E-state index in [2.05, 4.69) is 77.5 Å². The summed E-state index contributed by atoms with van der Waals surface area (Å²) in [5.41, 5.74) is 7.94. The van der Waals surface area contributed by atoms with Crippen molar-refractivity contribution in [3.05, 3.63) is 46.4 Å². The summed E-state index contributed by atoms with van der Waals surface area (Å²) in [6, 6.07) is 6.55. The summed E-state index contributed by atoms with van der Waals surface area (Å²) in [7, 11) is 1.84. The van der Waals surface area contributed by atoms with Crippen LogP contribution in [0, 0.1) is 19.3 Å². The van der Waals surface area contributed by atoms with Crippen LogP contribution in [0.25, 0.3) is 22.3 Å². The molecule has 7 rings (SSSR count). The molecule has 1 aliphatic carbocycles. The summed E-state index contributed by atoms with van der Waals surface area (Å²) in [5, 5.41) is 13.8. The van der Waals surface area contributed by atoms with Gasteiger partial charge in [-0.05, 0) is 51.7 Å². The molecule has 1 unspecified atom stereocenters. The number of hydrogen-bond donors (Lipinski definition) is 1. The average Bonchev–Trinajstić information content (AvgIpc) is 3.62. The van der Waals surface area contributed by atoms with Crippen LogP contribution in [0.3, 0.4) is 0 Å². The first-order valence-electron chi connectivity index (χ1n) is 15.2. The van der Waals surface area contributed by atoms with Gasteiger partial charge < -0.3 is 14.5 Å². The molecule has 2 aliphatic heterocycles. The molecule has 3 aliphatic rings. The molecule has 1 saturated carbocycles. The van der Waals surface area contributed by atoms with Crippen LogP contribution in [-0.2, 0) is 24.2 Å². The highest BCUT2D eigenvalue weighted by Crippen LogP contribution is 2.42. The second-order valence-electron chi connectivity index (χ2n) is 12.9. The Morgan fingerprint density at radius 1 is 1.07 bits per heavy atom. The van der Waals surface area contributed by atoms with Crippen LogP contribution in [-0.4, -0.2) is 62.8 Å². The lowest BCUT2D eigenvalue weighted by Gasteiger charge is -2.45. The number of piperidine rings is 1.